The van der Waals surface area contributed by atoms with E-state index in [2.05, 4.69) is 6.26 Å². The van der Waals surface area contributed by atoms with Gasteiger partial charge in [0.25, 0.3) is 0 Å². The molecule has 0 aromatic heterocycles. The number of rotatable bonds is 5. The fourth-order valence-corrected chi connectivity index (χ4v) is 6.99. The minimum Gasteiger partial charge on any atom is -0.457 e. The van der Waals surface area contributed by atoms with Gasteiger partial charge in [-0.05, 0) is 74.8 Å². The molecular weight excluding hydrogens is 378 g/mol. The second kappa shape index (κ2) is 7.49. The van der Waals surface area contributed by atoms with E-state index in [1.165, 1.54) is 0 Å². The van der Waals surface area contributed by atoms with Crippen molar-refractivity contribution < 1.29 is 13.2 Å². The van der Waals surface area contributed by atoms with Crippen molar-refractivity contribution in [2.45, 2.75) is 54.8 Å². The Morgan fingerprint density at radius 1 is 1.00 bits per heavy atom. The maximum atomic E-state index is 13.2. The minimum atomic E-state index is -3.46. The number of thioether (sulfide) groups is 1. The molecule has 2 aromatic carbocycles. The molecule has 0 spiro atoms. The molecule has 0 saturated carbocycles. The zero-order chi connectivity index (χ0) is 19.0. The lowest BCUT2D eigenvalue weighted by Crippen LogP contribution is -2.47. The van der Waals surface area contributed by atoms with Gasteiger partial charge >= 0.3 is 0 Å². The third kappa shape index (κ3) is 3.62. The number of piperidine rings is 1. The average Bonchev–Trinajstić information content (AvgIpc) is 2.95. The number of ether oxygens (including phenoxy) is 1. The van der Waals surface area contributed by atoms with Crippen LogP contribution in [0, 0.1) is 6.92 Å². The van der Waals surface area contributed by atoms with E-state index in [0.717, 1.165) is 37.0 Å². The van der Waals surface area contributed by atoms with E-state index in [-0.39, 0.29) is 12.1 Å². The first kappa shape index (κ1) is 18.8. The molecule has 2 aliphatic heterocycles. The molecule has 0 aliphatic carbocycles. The Balaban J connectivity index is 1.54. The quantitative estimate of drug-likeness (QED) is 0.717. The molecule has 0 radical (unpaired) electrons. The number of sulfonamides is 1. The molecular formula is C21H25NO3S2. The molecule has 2 heterocycles. The van der Waals surface area contributed by atoms with Crippen molar-refractivity contribution in [3.63, 3.8) is 0 Å². The monoisotopic (exact) mass is 403 g/mol. The molecule has 27 heavy (non-hydrogen) atoms. The summed E-state index contributed by atoms with van der Waals surface area (Å²) in [5.41, 5.74) is 1.04. The number of fused-ring (bicyclic) bond motifs is 2. The van der Waals surface area contributed by atoms with Crippen LogP contribution in [0.3, 0.4) is 0 Å². The van der Waals surface area contributed by atoms with Gasteiger partial charge in [0.15, 0.2) is 0 Å². The van der Waals surface area contributed by atoms with Crippen molar-refractivity contribution in [1.29, 1.82) is 0 Å². The van der Waals surface area contributed by atoms with Gasteiger partial charge in [-0.15, -0.1) is 0 Å². The highest BCUT2D eigenvalue weighted by atomic mass is 32.2. The molecule has 2 aromatic rings. The first-order valence-corrected chi connectivity index (χ1v) is 12.1. The first-order chi connectivity index (χ1) is 13.0. The number of aryl methyl sites for hydroxylation is 1. The SMILES string of the molecule is CSC1CC2CCC(C1)N2S(=O)(=O)c1ccc(Oc2ccccc2C)cc1. The first-order valence-electron chi connectivity index (χ1n) is 9.39. The van der Waals surface area contributed by atoms with Crippen LogP contribution in [0.1, 0.15) is 31.2 Å². The molecule has 2 fully saturated rings. The van der Waals surface area contributed by atoms with E-state index >= 15 is 0 Å². The fraction of sp³-hybridized carbons (Fsp3) is 0.429. The molecule has 144 valence electrons. The fourth-order valence-electron chi connectivity index (χ4n) is 4.27. The van der Waals surface area contributed by atoms with Crippen LogP contribution < -0.4 is 4.74 Å². The van der Waals surface area contributed by atoms with Crippen LogP contribution in [0.25, 0.3) is 0 Å². The van der Waals surface area contributed by atoms with Crippen LogP contribution >= 0.6 is 11.8 Å². The summed E-state index contributed by atoms with van der Waals surface area (Å²) in [5, 5.41) is 0.582. The number of nitrogens with zero attached hydrogens (tertiary/aromatic N) is 1. The van der Waals surface area contributed by atoms with E-state index in [1.54, 1.807) is 28.6 Å². The Bertz CT molecular complexity index is 897. The Hall–Kier alpha value is -1.50. The summed E-state index contributed by atoms with van der Waals surface area (Å²) in [6, 6.07) is 14.9. The summed E-state index contributed by atoms with van der Waals surface area (Å²) in [7, 11) is -3.46. The van der Waals surface area contributed by atoms with Gasteiger partial charge in [0.2, 0.25) is 10.0 Å². The van der Waals surface area contributed by atoms with E-state index in [0.29, 0.717) is 15.9 Å². The number of para-hydroxylation sites is 1. The minimum absolute atomic E-state index is 0.147. The van der Waals surface area contributed by atoms with Crippen LogP contribution in [-0.4, -0.2) is 36.3 Å². The molecule has 2 aliphatic rings. The molecule has 2 bridgehead atoms. The lowest BCUT2D eigenvalue weighted by Gasteiger charge is -2.37. The zero-order valence-electron chi connectivity index (χ0n) is 15.7. The van der Waals surface area contributed by atoms with Crippen LogP contribution in [0.4, 0.5) is 0 Å². The van der Waals surface area contributed by atoms with E-state index in [9.17, 15) is 8.42 Å². The van der Waals surface area contributed by atoms with Crippen molar-refractivity contribution in [2.24, 2.45) is 0 Å². The summed E-state index contributed by atoms with van der Waals surface area (Å²) in [6.07, 6.45) is 6.02. The Morgan fingerprint density at radius 2 is 1.63 bits per heavy atom. The van der Waals surface area contributed by atoms with Crippen molar-refractivity contribution in [3.8, 4) is 11.5 Å². The van der Waals surface area contributed by atoms with E-state index in [4.69, 9.17) is 4.74 Å². The van der Waals surface area contributed by atoms with Gasteiger partial charge in [0.05, 0.1) is 4.90 Å². The molecule has 2 unspecified atom stereocenters. The van der Waals surface area contributed by atoms with Crippen molar-refractivity contribution >= 4 is 21.8 Å². The Labute approximate surface area is 166 Å². The standard InChI is InChI=1S/C21H25NO3S2/c1-15-5-3-4-6-21(15)25-18-9-11-20(12-10-18)27(23,24)22-16-7-8-17(22)14-19(13-16)26-2/h3-6,9-12,16-17,19H,7-8,13-14H2,1-2H3. The number of hydrogen-bond donors (Lipinski definition) is 0. The Morgan fingerprint density at radius 3 is 2.22 bits per heavy atom. The molecule has 6 heteroatoms. The maximum absolute atomic E-state index is 13.2. The van der Waals surface area contributed by atoms with Gasteiger partial charge in [-0.3, -0.25) is 0 Å². The third-order valence-electron chi connectivity index (χ3n) is 5.68. The summed E-state index contributed by atoms with van der Waals surface area (Å²) in [6.45, 7) is 1.99. The van der Waals surface area contributed by atoms with Gasteiger partial charge in [-0.25, -0.2) is 8.42 Å². The lowest BCUT2D eigenvalue weighted by molar-refractivity contribution is 0.253. The summed E-state index contributed by atoms with van der Waals surface area (Å²) >= 11 is 1.87. The normalized spacial score (nSPS) is 25.5. The second-order valence-electron chi connectivity index (χ2n) is 7.39. The van der Waals surface area contributed by atoms with Gasteiger partial charge in [0.1, 0.15) is 11.5 Å². The number of hydrogen-bond acceptors (Lipinski definition) is 4. The van der Waals surface area contributed by atoms with Crippen molar-refractivity contribution in [3.05, 3.63) is 54.1 Å². The van der Waals surface area contributed by atoms with E-state index in [1.807, 2.05) is 43.0 Å². The molecule has 0 N–H and O–H groups in total. The third-order valence-corrected chi connectivity index (χ3v) is 8.75. The summed E-state index contributed by atoms with van der Waals surface area (Å²) in [4.78, 5) is 0.360. The van der Waals surface area contributed by atoms with Crippen molar-refractivity contribution in [1.82, 2.24) is 4.31 Å². The Kier molecular flexibility index (Phi) is 5.23. The highest BCUT2D eigenvalue weighted by Crippen LogP contribution is 2.42. The summed E-state index contributed by atoms with van der Waals surface area (Å²) < 4.78 is 34.2. The predicted molar refractivity (Wildman–Crippen MR) is 110 cm³/mol. The highest BCUT2D eigenvalue weighted by Gasteiger charge is 2.46. The van der Waals surface area contributed by atoms with Crippen LogP contribution in [0.2, 0.25) is 0 Å². The smallest absolute Gasteiger partial charge is 0.243 e. The maximum Gasteiger partial charge on any atom is 0.243 e. The number of benzene rings is 2. The van der Waals surface area contributed by atoms with Crippen molar-refractivity contribution in [2.75, 3.05) is 6.26 Å². The van der Waals surface area contributed by atoms with Crippen LogP contribution in [0.15, 0.2) is 53.4 Å². The topological polar surface area (TPSA) is 46.6 Å². The summed E-state index contributed by atoms with van der Waals surface area (Å²) in [5.74, 6) is 1.43. The van der Waals surface area contributed by atoms with E-state index < -0.39 is 10.0 Å². The molecule has 0 amide bonds. The molecule has 4 nitrogen and oxygen atoms in total. The second-order valence-corrected chi connectivity index (χ2v) is 10.4. The van der Waals surface area contributed by atoms with Gasteiger partial charge < -0.3 is 4.74 Å². The van der Waals surface area contributed by atoms with Crippen LogP contribution in [0.5, 0.6) is 11.5 Å². The lowest BCUT2D eigenvalue weighted by atomic mass is 10.1. The molecule has 2 atom stereocenters. The van der Waals surface area contributed by atoms with Crippen LogP contribution in [-0.2, 0) is 10.0 Å². The largest absolute Gasteiger partial charge is 0.457 e. The molecule has 2 saturated heterocycles. The van der Waals surface area contributed by atoms with Gasteiger partial charge in [-0.1, -0.05) is 18.2 Å². The van der Waals surface area contributed by atoms with Gasteiger partial charge in [-0.2, -0.15) is 16.1 Å². The average molecular weight is 404 g/mol. The highest BCUT2D eigenvalue weighted by molar-refractivity contribution is 7.99. The molecule has 4 rings (SSSR count). The van der Waals surface area contributed by atoms with Gasteiger partial charge in [0, 0.05) is 17.3 Å². The predicted octanol–water partition coefficient (Wildman–Crippen LogP) is 4.83. The zero-order valence-corrected chi connectivity index (χ0v) is 17.3.